The summed E-state index contributed by atoms with van der Waals surface area (Å²) < 4.78 is 13.3. The molecule has 20 heavy (non-hydrogen) atoms. The Morgan fingerprint density at radius 2 is 1.85 bits per heavy atom. The van der Waals surface area contributed by atoms with Gasteiger partial charge in [0.25, 0.3) is 5.91 Å². The first kappa shape index (κ1) is 14.1. The number of hydrogen-bond acceptors (Lipinski definition) is 2. The van der Waals surface area contributed by atoms with Gasteiger partial charge in [-0.3, -0.25) is 4.79 Å². The molecule has 0 aliphatic carbocycles. The number of amides is 1. The van der Waals surface area contributed by atoms with Crippen molar-refractivity contribution >= 4 is 17.3 Å². The Hall–Kier alpha value is -2.36. The van der Waals surface area contributed by atoms with E-state index in [0.717, 1.165) is 11.1 Å². The fourth-order valence-electron chi connectivity index (χ4n) is 2.11. The maximum absolute atomic E-state index is 13.3. The van der Waals surface area contributed by atoms with Gasteiger partial charge in [-0.25, -0.2) is 4.39 Å². The Morgan fingerprint density at radius 3 is 2.50 bits per heavy atom. The van der Waals surface area contributed by atoms with Gasteiger partial charge in [0.2, 0.25) is 0 Å². The first-order valence-corrected chi connectivity index (χ1v) is 6.32. The van der Waals surface area contributed by atoms with Gasteiger partial charge >= 0.3 is 0 Å². The van der Waals surface area contributed by atoms with Crippen LogP contribution in [0.4, 0.5) is 15.8 Å². The number of hydrogen-bond donors (Lipinski definition) is 2. The third kappa shape index (κ3) is 2.79. The molecular weight excluding hydrogens is 255 g/mol. The number of halogens is 1. The number of nitrogens with one attached hydrogen (secondary N) is 1. The molecule has 0 atom stereocenters. The highest BCUT2D eigenvalue weighted by Crippen LogP contribution is 2.25. The van der Waals surface area contributed by atoms with E-state index in [1.54, 1.807) is 19.1 Å². The molecule has 2 rings (SSSR count). The van der Waals surface area contributed by atoms with Gasteiger partial charge in [-0.1, -0.05) is 6.07 Å². The van der Waals surface area contributed by atoms with Crippen molar-refractivity contribution in [2.24, 2.45) is 0 Å². The van der Waals surface area contributed by atoms with Gasteiger partial charge in [0, 0.05) is 16.9 Å². The normalized spacial score (nSPS) is 10.4. The molecule has 1 amide bonds. The van der Waals surface area contributed by atoms with Crippen molar-refractivity contribution in [1.82, 2.24) is 0 Å². The molecule has 0 aliphatic rings. The van der Waals surface area contributed by atoms with Crippen molar-refractivity contribution in [3.05, 3.63) is 58.4 Å². The van der Waals surface area contributed by atoms with E-state index >= 15 is 0 Å². The molecule has 0 fully saturated rings. The van der Waals surface area contributed by atoms with Gasteiger partial charge in [-0.2, -0.15) is 0 Å². The molecular formula is C16H17FN2O. The fourth-order valence-corrected chi connectivity index (χ4v) is 2.11. The standard InChI is InChI=1S/C16H17FN2O/c1-9-6-12(8-13(17)7-9)16(20)19-15-10(2)4-5-14(18)11(15)3/h4-8H,18H2,1-3H3,(H,19,20). The molecule has 0 bridgehead atoms. The Labute approximate surface area is 117 Å². The topological polar surface area (TPSA) is 55.1 Å². The number of rotatable bonds is 2. The van der Waals surface area contributed by atoms with Crippen LogP contribution in [0.2, 0.25) is 0 Å². The average Bonchev–Trinajstić information content (AvgIpc) is 2.38. The third-order valence-corrected chi connectivity index (χ3v) is 3.26. The zero-order valence-corrected chi connectivity index (χ0v) is 11.8. The van der Waals surface area contributed by atoms with Crippen LogP contribution in [-0.4, -0.2) is 5.91 Å². The highest BCUT2D eigenvalue weighted by molar-refractivity contribution is 6.05. The number of nitrogens with two attached hydrogens (primary N) is 1. The summed E-state index contributed by atoms with van der Waals surface area (Å²) in [6.45, 7) is 5.48. The van der Waals surface area contributed by atoms with E-state index in [1.165, 1.54) is 12.1 Å². The summed E-state index contributed by atoms with van der Waals surface area (Å²) in [6.07, 6.45) is 0. The molecule has 0 heterocycles. The zero-order chi connectivity index (χ0) is 14.9. The first-order valence-electron chi connectivity index (χ1n) is 6.32. The van der Waals surface area contributed by atoms with Gasteiger partial charge in [0.15, 0.2) is 0 Å². The Kier molecular flexibility index (Phi) is 3.74. The van der Waals surface area contributed by atoms with E-state index in [9.17, 15) is 9.18 Å². The second kappa shape index (κ2) is 5.33. The van der Waals surface area contributed by atoms with Crippen LogP contribution in [0, 0.1) is 26.6 Å². The van der Waals surface area contributed by atoms with Gasteiger partial charge < -0.3 is 11.1 Å². The molecule has 0 spiro atoms. The molecule has 0 unspecified atom stereocenters. The highest BCUT2D eigenvalue weighted by atomic mass is 19.1. The molecule has 4 heteroatoms. The molecule has 0 saturated carbocycles. The number of nitrogen functional groups attached to an aromatic ring is 1. The van der Waals surface area contributed by atoms with Crippen molar-refractivity contribution in [3.63, 3.8) is 0 Å². The molecule has 3 nitrogen and oxygen atoms in total. The van der Waals surface area contributed by atoms with Crippen LogP contribution in [0.25, 0.3) is 0 Å². The highest BCUT2D eigenvalue weighted by Gasteiger charge is 2.12. The van der Waals surface area contributed by atoms with E-state index < -0.39 is 5.82 Å². The largest absolute Gasteiger partial charge is 0.398 e. The van der Waals surface area contributed by atoms with E-state index in [1.807, 2.05) is 19.9 Å². The predicted octanol–water partition coefficient (Wildman–Crippen LogP) is 3.59. The van der Waals surface area contributed by atoms with E-state index in [-0.39, 0.29) is 5.91 Å². The lowest BCUT2D eigenvalue weighted by Crippen LogP contribution is -2.14. The first-order chi connectivity index (χ1) is 9.38. The molecule has 2 aromatic carbocycles. The van der Waals surface area contributed by atoms with Crippen LogP contribution in [0.5, 0.6) is 0 Å². The predicted molar refractivity (Wildman–Crippen MR) is 79.4 cm³/mol. The van der Waals surface area contributed by atoms with Gasteiger partial charge in [0.1, 0.15) is 5.82 Å². The quantitative estimate of drug-likeness (QED) is 0.821. The van der Waals surface area contributed by atoms with Crippen LogP contribution in [0.1, 0.15) is 27.0 Å². The van der Waals surface area contributed by atoms with Crippen LogP contribution in [-0.2, 0) is 0 Å². The van der Waals surface area contributed by atoms with Crippen LogP contribution in [0.15, 0.2) is 30.3 Å². The number of anilines is 2. The van der Waals surface area contributed by atoms with Crippen LogP contribution >= 0.6 is 0 Å². The Morgan fingerprint density at radius 1 is 1.15 bits per heavy atom. The summed E-state index contributed by atoms with van der Waals surface area (Å²) >= 11 is 0. The van der Waals surface area contributed by atoms with E-state index in [0.29, 0.717) is 22.5 Å². The Balaban J connectivity index is 2.35. The molecule has 2 aromatic rings. The SMILES string of the molecule is Cc1cc(F)cc(C(=O)Nc2c(C)ccc(N)c2C)c1. The smallest absolute Gasteiger partial charge is 0.255 e. The molecule has 0 radical (unpaired) electrons. The molecule has 3 N–H and O–H groups in total. The summed E-state index contributed by atoms with van der Waals surface area (Å²) in [5.41, 5.74) is 9.86. The minimum absolute atomic E-state index is 0.295. The van der Waals surface area contributed by atoms with Crippen molar-refractivity contribution in [1.29, 1.82) is 0 Å². The number of carbonyl (C=O) groups is 1. The summed E-state index contributed by atoms with van der Waals surface area (Å²) in [6, 6.07) is 7.89. The molecule has 0 aromatic heterocycles. The fraction of sp³-hybridized carbons (Fsp3) is 0.188. The third-order valence-electron chi connectivity index (χ3n) is 3.26. The van der Waals surface area contributed by atoms with Crippen molar-refractivity contribution < 1.29 is 9.18 Å². The summed E-state index contributed by atoms with van der Waals surface area (Å²) in [5, 5.41) is 2.80. The molecule has 0 saturated heterocycles. The Bertz CT molecular complexity index is 660. The maximum atomic E-state index is 13.3. The lowest BCUT2D eigenvalue weighted by molar-refractivity contribution is 0.102. The zero-order valence-electron chi connectivity index (χ0n) is 11.8. The van der Waals surface area contributed by atoms with Crippen molar-refractivity contribution in [3.8, 4) is 0 Å². The number of benzene rings is 2. The summed E-state index contributed by atoms with van der Waals surface area (Å²) in [4.78, 5) is 12.2. The monoisotopic (exact) mass is 272 g/mol. The average molecular weight is 272 g/mol. The number of aryl methyl sites for hydroxylation is 2. The van der Waals surface area contributed by atoms with Crippen LogP contribution in [0.3, 0.4) is 0 Å². The minimum atomic E-state index is -0.420. The summed E-state index contributed by atoms with van der Waals surface area (Å²) in [7, 11) is 0. The van der Waals surface area contributed by atoms with Crippen LogP contribution < -0.4 is 11.1 Å². The second-order valence-electron chi connectivity index (χ2n) is 4.94. The number of carbonyl (C=O) groups excluding carboxylic acids is 1. The second-order valence-corrected chi connectivity index (χ2v) is 4.94. The minimum Gasteiger partial charge on any atom is -0.398 e. The van der Waals surface area contributed by atoms with Crippen molar-refractivity contribution in [2.45, 2.75) is 20.8 Å². The van der Waals surface area contributed by atoms with E-state index in [2.05, 4.69) is 5.32 Å². The lowest BCUT2D eigenvalue weighted by atomic mass is 10.1. The maximum Gasteiger partial charge on any atom is 0.255 e. The molecule has 104 valence electrons. The summed E-state index contributed by atoms with van der Waals surface area (Å²) in [5.74, 6) is -0.763. The lowest BCUT2D eigenvalue weighted by Gasteiger charge is -2.13. The van der Waals surface area contributed by atoms with E-state index in [4.69, 9.17) is 5.73 Å². The molecule has 0 aliphatic heterocycles. The van der Waals surface area contributed by atoms with Gasteiger partial charge in [-0.15, -0.1) is 0 Å². The van der Waals surface area contributed by atoms with Crippen molar-refractivity contribution in [2.75, 3.05) is 11.1 Å². The van der Waals surface area contributed by atoms with Gasteiger partial charge in [-0.05, 0) is 61.7 Å². The van der Waals surface area contributed by atoms with Gasteiger partial charge in [0.05, 0.1) is 0 Å².